The summed E-state index contributed by atoms with van der Waals surface area (Å²) in [6.07, 6.45) is 2.45. The van der Waals surface area contributed by atoms with Crippen LogP contribution < -0.4 is 10.1 Å². The summed E-state index contributed by atoms with van der Waals surface area (Å²) in [7, 11) is 1.64. The Labute approximate surface area is 159 Å². The third kappa shape index (κ3) is 4.31. The maximum Gasteiger partial charge on any atom is 0.228 e. The molecule has 1 heterocycles. The first-order valence-corrected chi connectivity index (χ1v) is 9.00. The first kappa shape index (κ1) is 18.6. The normalized spacial score (nSPS) is 11.7. The molecule has 0 saturated carbocycles. The van der Waals surface area contributed by atoms with Gasteiger partial charge in [-0.05, 0) is 30.7 Å². The molecule has 5 nitrogen and oxygen atoms in total. The number of hydrogen-bond acceptors (Lipinski definition) is 4. The van der Waals surface area contributed by atoms with Gasteiger partial charge in [0.1, 0.15) is 11.4 Å². The number of aromatic nitrogens is 2. The summed E-state index contributed by atoms with van der Waals surface area (Å²) in [4.78, 5) is 21.7. The van der Waals surface area contributed by atoms with Crippen LogP contribution >= 0.6 is 0 Å². The topological polar surface area (TPSA) is 64.1 Å². The molecule has 0 radical (unpaired) electrons. The maximum absolute atomic E-state index is 12.4. The fourth-order valence-electron chi connectivity index (χ4n) is 2.60. The lowest BCUT2D eigenvalue weighted by Gasteiger charge is -2.14. The monoisotopic (exact) mass is 361 g/mol. The van der Waals surface area contributed by atoms with Crippen molar-refractivity contribution in [1.82, 2.24) is 9.97 Å². The van der Waals surface area contributed by atoms with E-state index in [0.717, 1.165) is 29.0 Å². The van der Waals surface area contributed by atoms with Crippen LogP contribution in [0, 0.1) is 5.92 Å². The van der Waals surface area contributed by atoms with Gasteiger partial charge < -0.3 is 10.1 Å². The van der Waals surface area contributed by atoms with Crippen LogP contribution in [0.4, 0.5) is 5.82 Å². The van der Waals surface area contributed by atoms with Gasteiger partial charge in [-0.25, -0.2) is 9.97 Å². The molecule has 1 aromatic heterocycles. The van der Waals surface area contributed by atoms with Crippen molar-refractivity contribution in [2.75, 3.05) is 12.4 Å². The lowest BCUT2D eigenvalue weighted by molar-refractivity contribution is -0.119. The Balaban J connectivity index is 2.02. The van der Waals surface area contributed by atoms with Gasteiger partial charge in [0.25, 0.3) is 0 Å². The van der Waals surface area contributed by atoms with E-state index in [1.807, 2.05) is 68.4 Å². The van der Waals surface area contributed by atoms with E-state index in [-0.39, 0.29) is 11.8 Å². The molecule has 138 valence electrons. The van der Waals surface area contributed by atoms with Gasteiger partial charge in [0.2, 0.25) is 5.91 Å². The van der Waals surface area contributed by atoms with Crippen molar-refractivity contribution in [3.05, 3.63) is 60.8 Å². The van der Waals surface area contributed by atoms with E-state index in [1.165, 1.54) is 0 Å². The molecule has 1 N–H and O–H groups in total. The third-order valence-electron chi connectivity index (χ3n) is 4.51. The van der Waals surface area contributed by atoms with Crippen LogP contribution in [0.5, 0.6) is 5.75 Å². The molecule has 0 aliphatic heterocycles. The van der Waals surface area contributed by atoms with Crippen LogP contribution in [0.2, 0.25) is 0 Å². The van der Waals surface area contributed by atoms with Crippen molar-refractivity contribution in [2.45, 2.75) is 20.3 Å². The molecule has 0 aliphatic carbocycles. The second kappa shape index (κ2) is 8.45. The molecular formula is C22H23N3O2. The number of rotatable bonds is 6. The van der Waals surface area contributed by atoms with Gasteiger partial charge in [-0.1, -0.05) is 44.2 Å². The summed E-state index contributed by atoms with van der Waals surface area (Å²) in [5.41, 5.74) is 3.22. The van der Waals surface area contributed by atoms with Crippen LogP contribution in [0.15, 0.2) is 60.8 Å². The van der Waals surface area contributed by atoms with Crippen molar-refractivity contribution in [2.24, 2.45) is 5.92 Å². The molecule has 5 heteroatoms. The number of carbonyl (C=O) groups excluding carboxylic acids is 1. The van der Waals surface area contributed by atoms with Gasteiger partial charge in [0.05, 0.1) is 19.0 Å². The van der Waals surface area contributed by atoms with E-state index >= 15 is 0 Å². The van der Waals surface area contributed by atoms with Crippen molar-refractivity contribution < 1.29 is 9.53 Å². The van der Waals surface area contributed by atoms with Gasteiger partial charge >= 0.3 is 0 Å². The number of methoxy groups -OCH3 is 1. The summed E-state index contributed by atoms with van der Waals surface area (Å²) in [6, 6.07) is 17.4. The minimum atomic E-state index is -0.0864. The van der Waals surface area contributed by atoms with Crippen molar-refractivity contribution in [3.63, 3.8) is 0 Å². The van der Waals surface area contributed by atoms with Gasteiger partial charge in [-0.2, -0.15) is 0 Å². The average Bonchev–Trinajstić information content (AvgIpc) is 2.74. The number of hydrogen-bond donors (Lipinski definition) is 1. The molecular weight excluding hydrogens is 338 g/mol. The lowest BCUT2D eigenvalue weighted by Crippen LogP contribution is -2.21. The van der Waals surface area contributed by atoms with E-state index in [0.29, 0.717) is 11.5 Å². The molecule has 3 rings (SSSR count). The summed E-state index contributed by atoms with van der Waals surface area (Å²) in [5, 5.41) is 2.92. The Morgan fingerprint density at radius 3 is 2.41 bits per heavy atom. The van der Waals surface area contributed by atoms with Crippen LogP contribution in [-0.2, 0) is 4.79 Å². The predicted octanol–water partition coefficient (Wildman–Crippen LogP) is 4.80. The predicted molar refractivity (Wildman–Crippen MR) is 108 cm³/mol. The Kier molecular flexibility index (Phi) is 5.81. The summed E-state index contributed by atoms with van der Waals surface area (Å²) < 4.78 is 5.21. The number of ether oxygens (including phenoxy) is 1. The van der Waals surface area contributed by atoms with E-state index in [9.17, 15) is 4.79 Å². The zero-order chi connectivity index (χ0) is 19.2. The smallest absolute Gasteiger partial charge is 0.228 e. The Bertz CT molecular complexity index is 909. The van der Waals surface area contributed by atoms with Gasteiger partial charge in [-0.15, -0.1) is 0 Å². The fourth-order valence-corrected chi connectivity index (χ4v) is 2.60. The van der Waals surface area contributed by atoms with E-state index < -0.39 is 0 Å². The Morgan fingerprint density at radius 1 is 1.07 bits per heavy atom. The summed E-state index contributed by atoms with van der Waals surface area (Å²) >= 11 is 0. The summed E-state index contributed by atoms with van der Waals surface area (Å²) in [6.45, 7) is 3.89. The largest absolute Gasteiger partial charge is 0.497 e. The standard InChI is InChI=1S/C22H23N3O2/c1-4-15(2)22(26)25-21-20(17-8-6-5-7-9-17)24-19(14-23-21)16-10-12-18(27-3)13-11-16/h5-15H,4H2,1-3H3,(H,23,25,26). The second-order valence-corrected chi connectivity index (χ2v) is 6.35. The van der Waals surface area contributed by atoms with Gasteiger partial charge in [0.15, 0.2) is 5.82 Å². The van der Waals surface area contributed by atoms with Crippen molar-refractivity contribution in [1.29, 1.82) is 0 Å². The first-order valence-electron chi connectivity index (χ1n) is 9.00. The molecule has 27 heavy (non-hydrogen) atoms. The molecule has 3 aromatic rings. The molecule has 0 spiro atoms. The second-order valence-electron chi connectivity index (χ2n) is 6.35. The maximum atomic E-state index is 12.4. The molecule has 0 saturated heterocycles. The van der Waals surface area contributed by atoms with Gasteiger partial charge in [0, 0.05) is 17.0 Å². The Hall–Kier alpha value is -3.21. The molecule has 1 atom stereocenters. The Morgan fingerprint density at radius 2 is 1.78 bits per heavy atom. The van der Waals surface area contributed by atoms with Crippen molar-refractivity contribution >= 4 is 11.7 Å². The number of anilines is 1. The number of carbonyl (C=O) groups is 1. The van der Waals surface area contributed by atoms with E-state index in [2.05, 4.69) is 10.3 Å². The molecule has 0 bridgehead atoms. The molecule has 2 aromatic carbocycles. The van der Waals surface area contributed by atoms with Crippen molar-refractivity contribution in [3.8, 4) is 28.3 Å². The molecule has 0 aliphatic rings. The number of amides is 1. The molecule has 1 unspecified atom stereocenters. The van der Waals surface area contributed by atoms with Crippen LogP contribution in [0.25, 0.3) is 22.5 Å². The minimum absolute atomic E-state index is 0.0545. The fraction of sp³-hybridized carbons (Fsp3) is 0.227. The number of benzene rings is 2. The van der Waals surface area contributed by atoms with E-state index in [4.69, 9.17) is 9.72 Å². The highest BCUT2D eigenvalue weighted by atomic mass is 16.5. The number of nitrogens with zero attached hydrogens (tertiary/aromatic N) is 2. The van der Waals surface area contributed by atoms with E-state index in [1.54, 1.807) is 13.3 Å². The lowest BCUT2D eigenvalue weighted by atomic mass is 10.1. The zero-order valence-corrected chi connectivity index (χ0v) is 15.8. The van der Waals surface area contributed by atoms with Crippen LogP contribution in [-0.4, -0.2) is 23.0 Å². The number of nitrogens with one attached hydrogen (secondary N) is 1. The molecule has 1 amide bonds. The van der Waals surface area contributed by atoms with Crippen LogP contribution in [0.1, 0.15) is 20.3 Å². The van der Waals surface area contributed by atoms with Crippen LogP contribution in [0.3, 0.4) is 0 Å². The molecule has 0 fully saturated rings. The van der Waals surface area contributed by atoms with Gasteiger partial charge in [-0.3, -0.25) is 4.79 Å². The highest BCUT2D eigenvalue weighted by molar-refractivity contribution is 5.94. The average molecular weight is 361 g/mol. The third-order valence-corrected chi connectivity index (χ3v) is 4.51. The minimum Gasteiger partial charge on any atom is -0.497 e. The summed E-state index contributed by atoms with van der Waals surface area (Å²) in [5.74, 6) is 1.12. The quantitative estimate of drug-likeness (QED) is 0.685. The highest BCUT2D eigenvalue weighted by Gasteiger charge is 2.16. The highest BCUT2D eigenvalue weighted by Crippen LogP contribution is 2.28. The SMILES string of the molecule is CCC(C)C(=O)Nc1ncc(-c2ccc(OC)cc2)nc1-c1ccccc1. The zero-order valence-electron chi connectivity index (χ0n) is 15.8. The first-order chi connectivity index (χ1) is 13.1.